The van der Waals surface area contributed by atoms with Crippen molar-refractivity contribution < 1.29 is 60.3 Å². The van der Waals surface area contributed by atoms with Crippen LogP contribution in [0.25, 0.3) is 0 Å². The van der Waals surface area contributed by atoms with E-state index in [0.717, 1.165) is 0 Å². The highest BCUT2D eigenvalue weighted by Crippen LogP contribution is 1.41. The summed E-state index contributed by atoms with van der Waals surface area (Å²) in [5.74, 6) is 0. The summed E-state index contributed by atoms with van der Waals surface area (Å²) in [5, 5.41) is 86.0. The molecule has 0 unspecified atom stereocenters. The molecule has 12 N–H and O–H groups in total. The van der Waals surface area contributed by atoms with Crippen LogP contribution in [0.15, 0.2) is 0 Å². The third-order valence-corrected chi connectivity index (χ3v) is 0. The maximum Gasteiger partial charge on any atom is 0.631 e. The summed E-state index contributed by atoms with van der Waals surface area (Å²) in [4.78, 5) is 0. The zero-order chi connectivity index (χ0) is 14.3. The van der Waals surface area contributed by atoms with Crippen molar-refractivity contribution in [2.75, 3.05) is 0 Å². The number of hydrogen-bond acceptors (Lipinski definition) is 12. The van der Waals surface area contributed by atoms with Crippen LogP contribution in [0.2, 0.25) is 0 Å². The molecule has 17 heteroatoms. The SMILES string of the molecule is OB(O)O.OB(O)O.OB(O)O.OB(O)O.[SiH4]. The largest absolute Gasteiger partial charge is 0.631 e. The van der Waals surface area contributed by atoms with E-state index in [2.05, 4.69) is 0 Å². The van der Waals surface area contributed by atoms with E-state index < -0.39 is 29.3 Å². The van der Waals surface area contributed by atoms with Crippen LogP contribution in [0.1, 0.15) is 0 Å². The zero-order valence-electron chi connectivity index (χ0n) is 7.68. The van der Waals surface area contributed by atoms with E-state index in [9.17, 15) is 0 Å². The fourth-order valence-corrected chi connectivity index (χ4v) is 0. The van der Waals surface area contributed by atoms with Gasteiger partial charge >= 0.3 is 29.3 Å². The van der Waals surface area contributed by atoms with E-state index in [1.165, 1.54) is 0 Å². The Bertz CT molecular complexity index is 61.5. The minimum Gasteiger partial charge on any atom is -0.402 e. The highest BCUT2D eigenvalue weighted by atomic mass is 28.1. The van der Waals surface area contributed by atoms with Crippen molar-refractivity contribution in [2.45, 2.75) is 0 Å². The molecule has 0 atom stereocenters. The third-order valence-electron chi connectivity index (χ3n) is 0. The van der Waals surface area contributed by atoms with Crippen LogP contribution in [0.3, 0.4) is 0 Å². The molecule has 0 amide bonds. The summed E-state index contributed by atoms with van der Waals surface area (Å²) < 4.78 is 0. The molecule has 0 aliphatic carbocycles. The van der Waals surface area contributed by atoms with Crippen LogP contribution in [0, 0.1) is 0 Å². The summed E-state index contributed by atoms with van der Waals surface area (Å²) in [6.45, 7) is 0. The van der Waals surface area contributed by atoms with Crippen molar-refractivity contribution in [3.63, 3.8) is 0 Å². The predicted molar refractivity (Wildman–Crippen MR) is 61.0 cm³/mol. The Kier molecular flexibility index (Phi) is 44.4. The van der Waals surface area contributed by atoms with Crippen molar-refractivity contribution >= 4 is 40.3 Å². The second-order valence-corrected chi connectivity index (χ2v) is 1.39. The molecule has 0 saturated heterocycles. The van der Waals surface area contributed by atoms with Gasteiger partial charge in [0.2, 0.25) is 0 Å². The fourth-order valence-electron chi connectivity index (χ4n) is 0. The normalized spacial score (nSPS) is 6.35. The summed E-state index contributed by atoms with van der Waals surface area (Å²) >= 11 is 0. The second kappa shape index (κ2) is 25.0. The van der Waals surface area contributed by atoms with Gasteiger partial charge in [-0.2, -0.15) is 0 Å². The molecule has 12 nitrogen and oxygen atoms in total. The zero-order valence-corrected chi connectivity index (χ0v) is 7.68. The van der Waals surface area contributed by atoms with Crippen LogP contribution in [-0.4, -0.2) is 101 Å². The van der Waals surface area contributed by atoms with Gasteiger partial charge in [0.05, 0.1) is 0 Å². The van der Waals surface area contributed by atoms with E-state index in [-0.39, 0.29) is 11.0 Å². The van der Waals surface area contributed by atoms with Gasteiger partial charge in [0.1, 0.15) is 0 Å². The Morgan fingerprint density at radius 3 is 0.294 bits per heavy atom. The molecule has 17 heavy (non-hydrogen) atoms. The van der Waals surface area contributed by atoms with Gasteiger partial charge in [0.15, 0.2) is 0 Å². The van der Waals surface area contributed by atoms with Crippen LogP contribution in [0.5, 0.6) is 0 Å². The molecule has 104 valence electrons. The van der Waals surface area contributed by atoms with E-state index in [1.807, 2.05) is 0 Å². The van der Waals surface area contributed by atoms with Gasteiger partial charge in [0, 0.05) is 0 Å². The Labute approximate surface area is 101 Å². The lowest BCUT2D eigenvalue weighted by Crippen LogP contribution is -2.07. The number of rotatable bonds is 0. The average molecular weight is 279 g/mol. The molecule has 0 saturated carbocycles. The first kappa shape index (κ1) is 30.2. The van der Waals surface area contributed by atoms with E-state index in [4.69, 9.17) is 60.3 Å². The lowest BCUT2D eigenvalue weighted by atomic mass is 10.3. The Morgan fingerprint density at radius 2 is 0.294 bits per heavy atom. The highest BCUT2D eigenvalue weighted by molar-refractivity contribution is 6.31. The van der Waals surface area contributed by atoms with Crippen LogP contribution in [0.4, 0.5) is 0 Å². The third kappa shape index (κ3) is 275000000. The topological polar surface area (TPSA) is 243 Å². The first-order valence-electron chi connectivity index (χ1n) is 3.10. The molecule has 0 aliphatic heterocycles. The standard InChI is InChI=1S/4BH3O3.H4Si/c4*2-1(3)4;/h4*2-4H;1H4. The maximum absolute atomic E-state index is 7.17. The summed E-state index contributed by atoms with van der Waals surface area (Å²) in [6, 6.07) is 0. The first-order valence-corrected chi connectivity index (χ1v) is 3.10. The van der Waals surface area contributed by atoms with Crippen LogP contribution in [-0.2, 0) is 0 Å². The van der Waals surface area contributed by atoms with Gasteiger partial charge in [-0.25, -0.2) is 0 Å². The first-order chi connectivity index (χ1) is 6.93. The minimum absolute atomic E-state index is 0. The maximum atomic E-state index is 7.17. The van der Waals surface area contributed by atoms with E-state index in [1.54, 1.807) is 0 Å². The monoisotopic (exact) mass is 280 g/mol. The minimum atomic E-state index is -2.17. The molecular formula is H16B4O12Si. The Hall–Kier alpha value is -0.00338. The van der Waals surface area contributed by atoms with E-state index >= 15 is 0 Å². The lowest BCUT2D eigenvalue weighted by molar-refractivity contribution is 0.276. The van der Waals surface area contributed by atoms with Gasteiger partial charge in [-0.15, -0.1) is 0 Å². The van der Waals surface area contributed by atoms with Crippen molar-refractivity contribution in [2.24, 2.45) is 0 Å². The van der Waals surface area contributed by atoms with Gasteiger partial charge in [-0.3, -0.25) is 0 Å². The molecule has 0 spiro atoms. The average Bonchev–Trinajstić information content (AvgIpc) is 1.76. The molecule has 0 aromatic carbocycles. The number of hydrogen-bond donors (Lipinski definition) is 12. The molecule has 0 radical (unpaired) electrons. The smallest absolute Gasteiger partial charge is 0.402 e. The fraction of sp³-hybridized carbons (Fsp3) is 0. The van der Waals surface area contributed by atoms with Gasteiger partial charge < -0.3 is 60.3 Å². The Morgan fingerprint density at radius 1 is 0.294 bits per heavy atom. The molecule has 0 heterocycles. The molecule has 0 fully saturated rings. The summed E-state index contributed by atoms with van der Waals surface area (Å²) in [6.07, 6.45) is 0. The predicted octanol–water partition coefficient (Wildman–Crippen LogP) is -9.66. The van der Waals surface area contributed by atoms with Crippen molar-refractivity contribution in [1.29, 1.82) is 0 Å². The molecule has 0 bridgehead atoms. The lowest BCUT2D eigenvalue weighted by Gasteiger charge is -1.69. The highest BCUT2D eigenvalue weighted by Gasteiger charge is 1.93. The molecule has 0 aliphatic rings. The van der Waals surface area contributed by atoms with Crippen molar-refractivity contribution in [3.8, 4) is 0 Å². The van der Waals surface area contributed by atoms with Gasteiger partial charge in [-0.05, 0) is 11.0 Å². The molecule has 0 aromatic heterocycles. The summed E-state index contributed by atoms with van der Waals surface area (Å²) in [7, 11) is -8.67. The van der Waals surface area contributed by atoms with Crippen LogP contribution >= 0.6 is 0 Å². The molecule has 0 rings (SSSR count). The van der Waals surface area contributed by atoms with Gasteiger partial charge in [0.25, 0.3) is 0 Å². The van der Waals surface area contributed by atoms with Crippen LogP contribution < -0.4 is 0 Å². The van der Waals surface area contributed by atoms with Crippen molar-refractivity contribution in [1.82, 2.24) is 0 Å². The van der Waals surface area contributed by atoms with E-state index in [0.29, 0.717) is 0 Å². The quantitative estimate of drug-likeness (QED) is 0.185. The summed E-state index contributed by atoms with van der Waals surface area (Å²) in [5.41, 5.74) is 0. The molecule has 0 aromatic rings. The van der Waals surface area contributed by atoms with Crippen molar-refractivity contribution in [3.05, 3.63) is 0 Å². The second-order valence-electron chi connectivity index (χ2n) is 1.39. The Balaban J connectivity index is -0.0000000369. The van der Waals surface area contributed by atoms with Gasteiger partial charge in [-0.1, -0.05) is 0 Å². The molecular weight excluding hydrogens is 263 g/mol.